The lowest BCUT2D eigenvalue weighted by atomic mass is 10.1. The van der Waals surface area contributed by atoms with Gasteiger partial charge in [-0.2, -0.15) is 0 Å². The van der Waals surface area contributed by atoms with Crippen LogP contribution < -0.4 is 0 Å². The first-order chi connectivity index (χ1) is 8.88. The summed E-state index contributed by atoms with van der Waals surface area (Å²) >= 11 is 1.42. The minimum Gasteiger partial charge on any atom is -0.416 e. The largest absolute Gasteiger partial charge is 0.416 e. The lowest BCUT2D eigenvalue weighted by Gasteiger charge is -1.96. The maximum absolute atomic E-state index is 10.2. The molecule has 5 heteroatoms. The molecule has 0 amide bonds. The van der Waals surface area contributed by atoms with Crippen LogP contribution in [0.3, 0.4) is 0 Å². The Hall–Kier alpha value is -1.62. The van der Waals surface area contributed by atoms with Crippen LogP contribution in [0.5, 0.6) is 0 Å². The Morgan fingerprint density at radius 2 is 2.00 bits per heavy atom. The highest BCUT2D eigenvalue weighted by Gasteiger charge is 2.06. The van der Waals surface area contributed by atoms with E-state index < -0.39 is 0 Å². The van der Waals surface area contributed by atoms with Crippen molar-refractivity contribution in [2.75, 3.05) is 5.75 Å². The molecule has 4 nitrogen and oxygen atoms in total. The SMILES string of the molecule is O=CCCSc1nnc(CCc2ccccc2)o1. The van der Waals surface area contributed by atoms with E-state index in [1.54, 1.807) is 0 Å². The third-order valence-electron chi connectivity index (χ3n) is 2.38. The highest BCUT2D eigenvalue weighted by molar-refractivity contribution is 7.99. The topological polar surface area (TPSA) is 56.0 Å². The Balaban J connectivity index is 1.81. The van der Waals surface area contributed by atoms with E-state index in [0.717, 1.165) is 19.1 Å². The number of carbonyl (C=O) groups is 1. The number of hydrogen-bond acceptors (Lipinski definition) is 5. The van der Waals surface area contributed by atoms with Gasteiger partial charge >= 0.3 is 0 Å². The van der Waals surface area contributed by atoms with Crippen molar-refractivity contribution in [3.63, 3.8) is 0 Å². The summed E-state index contributed by atoms with van der Waals surface area (Å²) in [7, 11) is 0. The van der Waals surface area contributed by atoms with Crippen LogP contribution in [0, 0.1) is 0 Å². The first-order valence-electron chi connectivity index (χ1n) is 5.81. The highest BCUT2D eigenvalue weighted by atomic mass is 32.2. The fraction of sp³-hybridized carbons (Fsp3) is 0.308. The standard InChI is InChI=1S/C13H14N2O2S/c16-9-4-10-18-13-15-14-12(17-13)8-7-11-5-2-1-3-6-11/h1-3,5-6,9H,4,7-8,10H2. The van der Waals surface area contributed by atoms with Crippen molar-refractivity contribution in [1.82, 2.24) is 10.2 Å². The second-order valence-electron chi connectivity index (χ2n) is 3.75. The molecule has 0 N–H and O–H groups in total. The van der Waals surface area contributed by atoms with E-state index in [-0.39, 0.29) is 0 Å². The van der Waals surface area contributed by atoms with Gasteiger partial charge in [0.1, 0.15) is 6.29 Å². The van der Waals surface area contributed by atoms with Gasteiger partial charge < -0.3 is 9.21 Å². The second kappa shape index (κ2) is 6.96. The maximum Gasteiger partial charge on any atom is 0.276 e. The lowest BCUT2D eigenvalue weighted by Crippen LogP contribution is -1.90. The number of rotatable bonds is 7. The molecule has 0 saturated heterocycles. The summed E-state index contributed by atoms with van der Waals surface area (Å²) in [6.07, 6.45) is 3.03. The van der Waals surface area contributed by atoms with Gasteiger partial charge in [0.15, 0.2) is 0 Å². The minimum absolute atomic E-state index is 0.506. The Bertz CT molecular complexity index is 485. The number of aryl methyl sites for hydroxylation is 2. The second-order valence-corrected chi connectivity index (χ2v) is 4.80. The average molecular weight is 262 g/mol. The molecule has 1 aromatic heterocycles. The van der Waals surface area contributed by atoms with E-state index in [4.69, 9.17) is 4.42 Å². The Morgan fingerprint density at radius 3 is 2.78 bits per heavy atom. The van der Waals surface area contributed by atoms with Gasteiger partial charge in [-0.1, -0.05) is 42.1 Å². The van der Waals surface area contributed by atoms with Crippen LogP contribution in [0.4, 0.5) is 0 Å². The molecule has 2 aromatic rings. The van der Waals surface area contributed by atoms with E-state index in [0.29, 0.717) is 23.3 Å². The van der Waals surface area contributed by atoms with E-state index in [9.17, 15) is 4.79 Å². The molecule has 0 fully saturated rings. The molecule has 1 heterocycles. The summed E-state index contributed by atoms with van der Waals surface area (Å²) in [5, 5.41) is 8.46. The third kappa shape index (κ3) is 4.00. The molecule has 0 spiro atoms. The van der Waals surface area contributed by atoms with Gasteiger partial charge in [0, 0.05) is 18.6 Å². The molecule has 0 aliphatic carbocycles. The first kappa shape index (κ1) is 12.8. The van der Waals surface area contributed by atoms with Crippen LogP contribution in [0.2, 0.25) is 0 Å². The zero-order chi connectivity index (χ0) is 12.6. The number of benzene rings is 1. The zero-order valence-electron chi connectivity index (χ0n) is 9.91. The molecule has 2 rings (SSSR count). The van der Waals surface area contributed by atoms with Gasteiger partial charge in [-0.05, 0) is 12.0 Å². The predicted molar refractivity (Wildman–Crippen MR) is 69.6 cm³/mol. The number of hydrogen-bond donors (Lipinski definition) is 0. The lowest BCUT2D eigenvalue weighted by molar-refractivity contribution is -0.107. The van der Waals surface area contributed by atoms with Crippen molar-refractivity contribution in [2.24, 2.45) is 0 Å². The molecule has 0 aliphatic rings. The van der Waals surface area contributed by atoms with Gasteiger partial charge in [-0.25, -0.2) is 0 Å². The Morgan fingerprint density at radius 1 is 1.17 bits per heavy atom. The van der Waals surface area contributed by atoms with Crippen LogP contribution in [0.15, 0.2) is 40.0 Å². The van der Waals surface area contributed by atoms with Crippen LogP contribution >= 0.6 is 11.8 Å². The van der Waals surface area contributed by atoms with E-state index >= 15 is 0 Å². The monoisotopic (exact) mass is 262 g/mol. The molecule has 0 atom stereocenters. The summed E-state index contributed by atoms with van der Waals surface area (Å²) in [6, 6.07) is 10.2. The Labute approximate surface area is 110 Å². The quantitative estimate of drug-likeness (QED) is 0.436. The van der Waals surface area contributed by atoms with Crippen molar-refractivity contribution in [3.8, 4) is 0 Å². The summed E-state index contributed by atoms with van der Waals surface area (Å²) in [5.41, 5.74) is 1.26. The number of nitrogens with zero attached hydrogens (tertiary/aromatic N) is 2. The predicted octanol–water partition coefficient (Wildman–Crippen LogP) is 2.54. The number of thioether (sulfide) groups is 1. The fourth-order valence-corrected chi connectivity index (χ4v) is 2.13. The molecule has 0 radical (unpaired) electrons. The van der Waals surface area contributed by atoms with Gasteiger partial charge in [0.25, 0.3) is 5.22 Å². The first-order valence-corrected chi connectivity index (χ1v) is 6.80. The molecular formula is C13H14N2O2S. The summed E-state index contributed by atoms with van der Waals surface area (Å²) in [5.74, 6) is 1.33. The maximum atomic E-state index is 10.2. The van der Waals surface area contributed by atoms with Gasteiger partial charge in [0.05, 0.1) is 0 Å². The van der Waals surface area contributed by atoms with Crippen LogP contribution in [-0.2, 0) is 17.6 Å². The molecule has 0 aliphatic heterocycles. The van der Waals surface area contributed by atoms with Gasteiger partial charge in [-0.3, -0.25) is 0 Å². The molecule has 94 valence electrons. The van der Waals surface area contributed by atoms with Crippen molar-refractivity contribution < 1.29 is 9.21 Å². The van der Waals surface area contributed by atoms with Crippen molar-refractivity contribution in [1.29, 1.82) is 0 Å². The zero-order valence-corrected chi connectivity index (χ0v) is 10.7. The van der Waals surface area contributed by atoms with Gasteiger partial charge in [-0.15, -0.1) is 10.2 Å². The van der Waals surface area contributed by atoms with Crippen LogP contribution in [0.25, 0.3) is 0 Å². The smallest absolute Gasteiger partial charge is 0.276 e. The minimum atomic E-state index is 0.506. The van der Waals surface area contributed by atoms with Crippen molar-refractivity contribution in [3.05, 3.63) is 41.8 Å². The Kier molecular flexibility index (Phi) is 4.96. The summed E-state index contributed by atoms with van der Waals surface area (Å²) in [4.78, 5) is 10.2. The number of aldehydes is 1. The summed E-state index contributed by atoms with van der Waals surface area (Å²) in [6.45, 7) is 0. The average Bonchev–Trinajstić information content (AvgIpc) is 2.86. The summed E-state index contributed by atoms with van der Waals surface area (Å²) < 4.78 is 5.48. The molecular weight excluding hydrogens is 248 g/mol. The third-order valence-corrected chi connectivity index (χ3v) is 3.23. The molecule has 18 heavy (non-hydrogen) atoms. The van der Waals surface area contributed by atoms with Crippen LogP contribution in [0.1, 0.15) is 17.9 Å². The molecule has 0 unspecified atom stereocenters. The van der Waals surface area contributed by atoms with Crippen molar-refractivity contribution >= 4 is 18.0 Å². The normalized spacial score (nSPS) is 10.4. The number of carbonyl (C=O) groups excluding carboxylic acids is 1. The molecule has 0 bridgehead atoms. The van der Waals surface area contributed by atoms with Crippen molar-refractivity contribution in [2.45, 2.75) is 24.5 Å². The fourth-order valence-electron chi connectivity index (χ4n) is 1.49. The van der Waals surface area contributed by atoms with Gasteiger partial charge in [0.2, 0.25) is 5.89 Å². The van der Waals surface area contributed by atoms with E-state index in [1.807, 2.05) is 18.2 Å². The van der Waals surface area contributed by atoms with E-state index in [2.05, 4.69) is 22.3 Å². The number of aromatic nitrogens is 2. The van der Waals surface area contributed by atoms with E-state index in [1.165, 1.54) is 17.3 Å². The van der Waals surface area contributed by atoms with Crippen LogP contribution in [-0.4, -0.2) is 22.2 Å². The molecule has 0 saturated carbocycles. The highest BCUT2D eigenvalue weighted by Crippen LogP contribution is 2.17. The molecule has 1 aromatic carbocycles.